The van der Waals surface area contributed by atoms with Crippen molar-refractivity contribution in [3.8, 4) is 11.4 Å². The second-order valence-electron chi connectivity index (χ2n) is 6.46. The molecule has 1 heterocycles. The first-order valence-electron chi connectivity index (χ1n) is 8.80. The number of hydrazine groups is 1. The van der Waals surface area contributed by atoms with E-state index in [1.807, 2.05) is 43.3 Å². The molecule has 0 bridgehead atoms. The smallest absolute Gasteiger partial charge is 0.257 e. The Kier molecular flexibility index (Phi) is 5.19. The number of nitrogens with one attached hydrogen (secondary N) is 2. The molecular weight excluding hydrogens is 408 g/mol. The van der Waals surface area contributed by atoms with E-state index in [1.165, 1.54) is 0 Å². The van der Waals surface area contributed by atoms with E-state index in [0.717, 1.165) is 11.1 Å². The summed E-state index contributed by atoms with van der Waals surface area (Å²) in [5.74, 6) is 0.814. The maximum atomic E-state index is 12.6. The van der Waals surface area contributed by atoms with E-state index in [1.54, 1.807) is 36.4 Å². The molecule has 29 heavy (non-hydrogen) atoms. The highest BCUT2D eigenvalue weighted by Crippen LogP contribution is 2.25. The molecule has 0 fully saturated rings. The molecule has 146 valence electrons. The van der Waals surface area contributed by atoms with Gasteiger partial charge >= 0.3 is 0 Å². The maximum absolute atomic E-state index is 12.6. The Balaban J connectivity index is 1.70. The second kappa shape index (κ2) is 7.79. The van der Waals surface area contributed by atoms with Gasteiger partial charge in [0.1, 0.15) is 0 Å². The van der Waals surface area contributed by atoms with Gasteiger partial charge in [0.15, 0.2) is 11.6 Å². The third-order valence-electron chi connectivity index (χ3n) is 4.34. The van der Waals surface area contributed by atoms with Gasteiger partial charge in [-0.1, -0.05) is 41.4 Å². The van der Waals surface area contributed by atoms with E-state index >= 15 is 0 Å². The first-order valence-corrected chi connectivity index (χ1v) is 10.7. The number of aryl methyl sites for hydroxylation is 1. The molecule has 6 nitrogen and oxygen atoms in total. The molecule has 1 aromatic heterocycles. The molecule has 0 radical (unpaired) electrons. The predicted molar refractivity (Wildman–Crippen MR) is 115 cm³/mol. The molecule has 4 rings (SSSR count). The number of benzene rings is 3. The van der Waals surface area contributed by atoms with Gasteiger partial charge in [-0.3, -0.25) is 5.43 Å². The summed E-state index contributed by atoms with van der Waals surface area (Å²) in [5.41, 5.74) is 5.18. The van der Waals surface area contributed by atoms with E-state index in [2.05, 4.69) is 20.2 Å². The van der Waals surface area contributed by atoms with E-state index in [9.17, 15) is 8.42 Å². The Morgan fingerprint density at radius 1 is 0.862 bits per heavy atom. The van der Waals surface area contributed by atoms with Crippen molar-refractivity contribution in [2.24, 2.45) is 0 Å². The number of halogens is 1. The van der Waals surface area contributed by atoms with Crippen LogP contribution < -0.4 is 10.3 Å². The van der Waals surface area contributed by atoms with Gasteiger partial charge in [-0.2, -0.15) is 0 Å². The minimum Gasteiger partial charge on any atom is -0.291 e. The number of nitrogens with zero attached hydrogens (tertiary/aromatic N) is 2. The molecule has 0 aliphatic carbocycles. The highest BCUT2D eigenvalue weighted by Gasteiger charge is 2.15. The number of rotatable bonds is 5. The topological polar surface area (TPSA) is 84.0 Å². The minimum absolute atomic E-state index is 0.159. The molecule has 0 spiro atoms. The summed E-state index contributed by atoms with van der Waals surface area (Å²) in [4.78, 5) is 11.7. The van der Waals surface area contributed by atoms with Crippen LogP contribution in [0.2, 0.25) is 5.02 Å². The lowest BCUT2D eigenvalue weighted by molar-refractivity contribution is 0.587. The molecule has 0 saturated heterocycles. The van der Waals surface area contributed by atoms with Crippen molar-refractivity contribution in [2.75, 3.05) is 5.43 Å². The third kappa shape index (κ3) is 4.22. The number of hydrogen-bond acceptors (Lipinski definition) is 5. The van der Waals surface area contributed by atoms with Crippen LogP contribution in [-0.2, 0) is 10.0 Å². The van der Waals surface area contributed by atoms with Crippen LogP contribution in [-0.4, -0.2) is 18.4 Å². The zero-order valence-electron chi connectivity index (χ0n) is 15.4. The summed E-state index contributed by atoms with van der Waals surface area (Å²) < 4.78 is 25.2. The normalized spacial score (nSPS) is 11.5. The number of hydrogen-bond donors (Lipinski definition) is 2. The molecule has 0 saturated carbocycles. The van der Waals surface area contributed by atoms with Crippen molar-refractivity contribution in [3.63, 3.8) is 0 Å². The number of anilines is 1. The molecule has 2 N–H and O–H groups in total. The molecular formula is C21H17ClN4O2S. The second-order valence-corrected chi connectivity index (χ2v) is 8.58. The highest BCUT2D eigenvalue weighted by atomic mass is 35.5. The van der Waals surface area contributed by atoms with Gasteiger partial charge < -0.3 is 0 Å². The van der Waals surface area contributed by atoms with Gasteiger partial charge in [0.05, 0.1) is 10.4 Å². The molecule has 3 aromatic carbocycles. The van der Waals surface area contributed by atoms with Crippen LogP contribution in [0.5, 0.6) is 0 Å². The summed E-state index contributed by atoms with van der Waals surface area (Å²) in [6.07, 6.45) is 0. The molecule has 8 heteroatoms. The van der Waals surface area contributed by atoms with Crippen molar-refractivity contribution < 1.29 is 8.42 Å². The SMILES string of the molecule is Cc1ccc(S(=O)(=O)NNc2nc(-c3ccc(Cl)cc3)nc3ccccc23)cc1. The first kappa shape index (κ1) is 19.3. The molecule has 0 aliphatic rings. The summed E-state index contributed by atoms with van der Waals surface area (Å²) in [6, 6.07) is 21.1. The predicted octanol–water partition coefficient (Wildman–Crippen LogP) is 4.56. The molecule has 0 aliphatic heterocycles. The van der Waals surface area contributed by atoms with Gasteiger partial charge in [-0.05, 0) is 55.5 Å². The van der Waals surface area contributed by atoms with Gasteiger partial charge in [0.2, 0.25) is 0 Å². The van der Waals surface area contributed by atoms with Crippen LogP contribution in [0.3, 0.4) is 0 Å². The number of aromatic nitrogens is 2. The monoisotopic (exact) mass is 424 g/mol. The van der Waals surface area contributed by atoms with Crippen molar-refractivity contribution in [3.05, 3.63) is 83.4 Å². The van der Waals surface area contributed by atoms with Crippen LogP contribution in [0.25, 0.3) is 22.3 Å². The molecule has 0 amide bonds. The van der Waals surface area contributed by atoms with E-state index in [0.29, 0.717) is 27.6 Å². The lowest BCUT2D eigenvalue weighted by Crippen LogP contribution is -2.30. The fraction of sp³-hybridized carbons (Fsp3) is 0.0476. The third-order valence-corrected chi connectivity index (χ3v) is 5.86. The van der Waals surface area contributed by atoms with Crippen LogP contribution in [0, 0.1) is 6.92 Å². The Bertz CT molecular complexity index is 1270. The van der Waals surface area contributed by atoms with E-state index < -0.39 is 10.0 Å². The minimum atomic E-state index is -3.77. The van der Waals surface area contributed by atoms with Gasteiger partial charge in [-0.15, -0.1) is 4.83 Å². The lowest BCUT2D eigenvalue weighted by atomic mass is 10.2. The fourth-order valence-electron chi connectivity index (χ4n) is 2.79. The van der Waals surface area contributed by atoms with Gasteiger partial charge in [0, 0.05) is 16.0 Å². The first-order chi connectivity index (χ1) is 13.9. The van der Waals surface area contributed by atoms with E-state index in [4.69, 9.17) is 11.6 Å². The van der Waals surface area contributed by atoms with E-state index in [-0.39, 0.29) is 4.90 Å². The van der Waals surface area contributed by atoms with Crippen LogP contribution in [0.15, 0.2) is 77.7 Å². The number of para-hydroxylation sites is 1. The zero-order chi connectivity index (χ0) is 20.4. The Morgan fingerprint density at radius 2 is 1.55 bits per heavy atom. The van der Waals surface area contributed by atoms with Gasteiger partial charge in [-0.25, -0.2) is 18.4 Å². The maximum Gasteiger partial charge on any atom is 0.257 e. The van der Waals surface area contributed by atoms with Crippen LogP contribution in [0.4, 0.5) is 5.82 Å². The molecule has 4 aromatic rings. The molecule has 0 atom stereocenters. The van der Waals surface area contributed by atoms with Gasteiger partial charge in [0.25, 0.3) is 10.0 Å². The quantitative estimate of drug-likeness (QED) is 0.458. The fourth-order valence-corrected chi connectivity index (χ4v) is 3.76. The lowest BCUT2D eigenvalue weighted by Gasteiger charge is -2.12. The highest BCUT2D eigenvalue weighted by molar-refractivity contribution is 7.89. The Labute approximate surface area is 173 Å². The zero-order valence-corrected chi connectivity index (χ0v) is 17.0. The van der Waals surface area contributed by atoms with Crippen LogP contribution in [0.1, 0.15) is 5.56 Å². The van der Waals surface area contributed by atoms with Crippen molar-refractivity contribution in [1.29, 1.82) is 0 Å². The Hall–Kier alpha value is -3.00. The summed E-state index contributed by atoms with van der Waals surface area (Å²) >= 11 is 5.96. The standard InChI is InChI=1S/C21H17ClN4O2S/c1-14-6-12-17(13-7-14)29(27,28)26-25-21-18-4-2-3-5-19(18)23-20(24-21)15-8-10-16(22)11-9-15/h2-13,26H,1H3,(H,23,24,25). The average Bonchev–Trinajstić information content (AvgIpc) is 2.73. The number of sulfonamides is 1. The summed E-state index contributed by atoms with van der Waals surface area (Å²) in [5, 5.41) is 1.30. The Morgan fingerprint density at radius 3 is 2.28 bits per heavy atom. The van der Waals surface area contributed by atoms with Crippen molar-refractivity contribution in [2.45, 2.75) is 11.8 Å². The van der Waals surface area contributed by atoms with Crippen molar-refractivity contribution in [1.82, 2.24) is 14.8 Å². The van der Waals surface area contributed by atoms with Crippen LogP contribution >= 0.6 is 11.6 Å². The largest absolute Gasteiger partial charge is 0.291 e. The molecule has 0 unspecified atom stereocenters. The summed E-state index contributed by atoms with van der Waals surface area (Å²) in [7, 11) is -3.77. The summed E-state index contributed by atoms with van der Waals surface area (Å²) in [6.45, 7) is 1.90. The van der Waals surface area contributed by atoms with Crippen molar-refractivity contribution >= 4 is 38.3 Å². The number of fused-ring (bicyclic) bond motifs is 1. The average molecular weight is 425 g/mol.